The van der Waals surface area contributed by atoms with Crippen molar-refractivity contribution in [2.24, 2.45) is 4.99 Å². The minimum atomic E-state index is -0.0591. The number of hydrogen-bond donors (Lipinski definition) is 2. The van der Waals surface area contributed by atoms with Gasteiger partial charge in [0.15, 0.2) is 5.96 Å². The first-order valence-corrected chi connectivity index (χ1v) is 9.95. The van der Waals surface area contributed by atoms with Crippen LogP contribution in [0.1, 0.15) is 21.5 Å². The summed E-state index contributed by atoms with van der Waals surface area (Å²) in [5.74, 6) is 0.710. The maximum Gasteiger partial charge on any atom is 0.251 e. The van der Waals surface area contributed by atoms with E-state index < -0.39 is 0 Å². The molecule has 2 N–H and O–H groups in total. The summed E-state index contributed by atoms with van der Waals surface area (Å²) in [5, 5.41) is 7.01. The number of likely N-dealkylation sites (N-methyl/N-ethyl adjacent to an activating group) is 1. The summed E-state index contributed by atoms with van der Waals surface area (Å²) in [4.78, 5) is 20.7. The number of guanidine groups is 1. The van der Waals surface area contributed by atoms with Crippen molar-refractivity contribution < 1.29 is 4.79 Å². The molecule has 2 rings (SSSR count). The fraction of sp³-hybridized carbons (Fsp3) is 0.364. The third-order valence-corrected chi connectivity index (χ3v) is 4.60. The molecular weight excluding hydrogens is 513 g/mol. The number of carbonyl (C=O) groups excluding carboxylic acids is 1. The van der Waals surface area contributed by atoms with E-state index in [4.69, 9.17) is 11.6 Å². The number of aliphatic imine (C=N–C) groups is 1. The van der Waals surface area contributed by atoms with Crippen LogP contribution in [0.2, 0.25) is 5.02 Å². The number of halogens is 2. The van der Waals surface area contributed by atoms with E-state index in [1.807, 2.05) is 79.5 Å². The van der Waals surface area contributed by atoms with Gasteiger partial charge in [0.2, 0.25) is 0 Å². The predicted octanol–water partition coefficient (Wildman–Crippen LogP) is 3.46. The molecule has 1 amide bonds. The van der Waals surface area contributed by atoms with Gasteiger partial charge in [0, 0.05) is 50.9 Å². The molecule has 2 aromatic rings. The fourth-order valence-corrected chi connectivity index (χ4v) is 3.08. The molecule has 0 unspecified atom stereocenters. The molecule has 6 nitrogen and oxygen atoms in total. The monoisotopic (exact) mass is 543 g/mol. The zero-order valence-electron chi connectivity index (χ0n) is 18.0. The Kier molecular flexibility index (Phi) is 11.8. The highest BCUT2D eigenvalue weighted by molar-refractivity contribution is 14.0. The quantitative estimate of drug-likeness (QED) is 0.304. The second kappa shape index (κ2) is 13.5. The summed E-state index contributed by atoms with van der Waals surface area (Å²) in [6.07, 6.45) is 0. The van der Waals surface area contributed by atoms with Crippen molar-refractivity contribution in [1.82, 2.24) is 20.4 Å². The molecule has 0 saturated carbocycles. The van der Waals surface area contributed by atoms with Crippen molar-refractivity contribution in [2.45, 2.75) is 13.1 Å². The zero-order valence-corrected chi connectivity index (χ0v) is 21.1. The average Bonchev–Trinajstić information content (AvgIpc) is 2.68. The van der Waals surface area contributed by atoms with Crippen LogP contribution >= 0.6 is 35.6 Å². The van der Waals surface area contributed by atoms with E-state index in [0.29, 0.717) is 25.2 Å². The molecule has 30 heavy (non-hydrogen) atoms. The lowest BCUT2D eigenvalue weighted by molar-refractivity contribution is 0.0951. The van der Waals surface area contributed by atoms with Gasteiger partial charge in [-0.25, -0.2) is 0 Å². The number of hydrogen-bond acceptors (Lipinski definition) is 3. The maximum absolute atomic E-state index is 12.3. The Morgan fingerprint density at radius 2 is 1.73 bits per heavy atom. The van der Waals surface area contributed by atoms with Gasteiger partial charge in [-0.3, -0.25) is 9.79 Å². The molecular formula is C22H31ClIN5O. The van der Waals surface area contributed by atoms with E-state index in [1.165, 1.54) is 0 Å². The second-order valence-electron chi connectivity index (χ2n) is 7.15. The largest absolute Gasteiger partial charge is 0.352 e. The smallest absolute Gasteiger partial charge is 0.251 e. The van der Waals surface area contributed by atoms with Crippen LogP contribution in [0.25, 0.3) is 0 Å². The van der Waals surface area contributed by atoms with Crippen molar-refractivity contribution in [3.05, 3.63) is 70.2 Å². The molecule has 0 bridgehead atoms. The van der Waals surface area contributed by atoms with Crippen molar-refractivity contribution in [3.63, 3.8) is 0 Å². The molecule has 0 atom stereocenters. The van der Waals surface area contributed by atoms with Crippen molar-refractivity contribution >= 4 is 47.4 Å². The molecule has 2 aromatic carbocycles. The third kappa shape index (κ3) is 8.89. The van der Waals surface area contributed by atoms with Gasteiger partial charge in [0.25, 0.3) is 5.91 Å². The van der Waals surface area contributed by atoms with Gasteiger partial charge >= 0.3 is 0 Å². The molecule has 0 spiro atoms. The van der Waals surface area contributed by atoms with Crippen LogP contribution < -0.4 is 10.6 Å². The summed E-state index contributed by atoms with van der Waals surface area (Å²) in [7, 11) is 7.69. The minimum Gasteiger partial charge on any atom is -0.352 e. The Morgan fingerprint density at radius 1 is 1.03 bits per heavy atom. The highest BCUT2D eigenvalue weighted by atomic mass is 127. The van der Waals surface area contributed by atoms with Crippen molar-refractivity contribution in [2.75, 3.05) is 41.3 Å². The first-order valence-electron chi connectivity index (χ1n) is 9.57. The van der Waals surface area contributed by atoms with Gasteiger partial charge in [-0.05, 0) is 49.5 Å². The molecule has 0 aromatic heterocycles. The van der Waals surface area contributed by atoms with Gasteiger partial charge < -0.3 is 20.4 Å². The lowest BCUT2D eigenvalue weighted by Gasteiger charge is -2.22. The topological polar surface area (TPSA) is 60.0 Å². The molecule has 0 aliphatic carbocycles. The first kappa shape index (κ1) is 26.2. The molecule has 0 saturated heterocycles. The van der Waals surface area contributed by atoms with E-state index in [0.717, 1.165) is 28.7 Å². The minimum absolute atomic E-state index is 0. The summed E-state index contributed by atoms with van der Waals surface area (Å²) in [6.45, 7) is 2.69. The summed E-state index contributed by atoms with van der Waals surface area (Å²) in [5.41, 5.74) is 2.78. The number of benzene rings is 2. The van der Waals surface area contributed by atoms with Crippen LogP contribution in [0.4, 0.5) is 0 Å². The second-order valence-corrected chi connectivity index (χ2v) is 7.58. The number of nitrogens with zero attached hydrogens (tertiary/aromatic N) is 3. The van der Waals surface area contributed by atoms with Gasteiger partial charge in [-0.1, -0.05) is 35.9 Å². The van der Waals surface area contributed by atoms with E-state index in [1.54, 1.807) is 7.05 Å². The number of carbonyl (C=O) groups is 1. The molecule has 0 heterocycles. The fourth-order valence-electron chi connectivity index (χ4n) is 2.87. The van der Waals surface area contributed by atoms with Gasteiger partial charge in [0.1, 0.15) is 0 Å². The Hall–Kier alpha value is -1.84. The molecule has 0 fully saturated rings. The highest BCUT2D eigenvalue weighted by Crippen LogP contribution is 2.12. The van der Waals surface area contributed by atoms with Crippen molar-refractivity contribution in [3.8, 4) is 0 Å². The van der Waals surface area contributed by atoms with E-state index in [2.05, 4.69) is 15.6 Å². The first-order chi connectivity index (χ1) is 13.9. The van der Waals surface area contributed by atoms with E-state index in [-0.39, 0.29) is 29.9 Å². The Morgan fingerprint density at radius 3 is 2.40 bits per heavy atom. The summed E-state index contributed by atoms with van der Waals surface area (Å²) < 4.78 is 0. The third-order valence-electron chi connectivity index (χ3n) is 4.37. The van der Waals surface area contributed by atoms with Crippen LogP contribution in [0.15, 0.2) is 53.5 Å². The molecule has 0 aliphatic rings. The Balaban J connectivity index is 0.00000450. The standard InChI is InChI=1S/C22H30ClN5O.HI/c1-24-22(28(4)16-18-8-6-10-20(23)14-18)26-15-17-7-5-9-19(13-17)21(29)25-11-12-27(2)3;/h5-10,13-14H,11-12,15-16H2,1-4H3,(H,24,26)(H,25,29);1H. The number of rotatable bonds is 8. The van der Waals surface area contributed by atoms with Gasteiger partial charge in [0.05, 0.1) is 0 Å². The molecule has 0 radical (unpaired) electrons. The summed E-state index contributed by atoms with van der Waals surface area (Å²) in [6, 6.07) is 15.4. The van der Waals surface area contributed by atoms with Crippen LogP contribution in [0.5, 0.6) is 0 Å². The maximum atomic E-state index is 12.3. The van der Waals surface area contributed by atoms with Crippen LogP contribution in [0.3, 0.4) is 0 Å². The molecule has 0 aliphatic heterocycles. The Bertz CT molecular complexity index is 844. The highest BCUT2D eigenvalue weighted by Gasteiger charge is 2.09. The predicted molar refractivity (Wildman–Crippen MR) is 136 cm³/mol. The van der Waals surface area contributed by atoms with Crippen LogP contribution in [-0.2, 0) is 13.1 Å². The van der Waals surface area contributed by atoms with Crippen LogP contribution in [0, 0.1) is 0 Å². The van der Waals surface area contributed by atoms with Gasteiger partial charge in [-0.2, -0.15) is 0 Å². The van der Waals surface area contributed by atoms with Crippen LogP contribution in [-0.4, -0.2) is 62.9 Å². The lowest BCUT2D eigenvalue weighted by Crippen LogP contribution is -2.38. The number of amides is 1. The zero-order chi connectivity index (χ0) is 21.2. The normalized spacial score (nSPS) is 11.1. The molecule has 164 valence electrons. The SMILES string of the molecule is CN=C(NCc1cccc(C(=O)NCCN(C)C)c1)N(C)Cc1cccc(Cl)c1.I. The summed E-state index contributed by atoms with van der Waals surface area (Å²) >= 11 is 6.07. The number of nitrogens with one attached hydrogen (secondary N) is 2. The van der Waals surface area contributed by atoms with E-state index >= 15 is 0 Å². The molecule has 8 heteroatoms. The van der Waals surface area contributed by atoms with E-state index in [9.17, 15) is 4.79 Å². The average molecular weight is 544 g/mol. The Labute approximate surface area is 201 Å². The van der Waals surface area contributed by atoms with Gasteiger partial charge in [-0.15, -0.1) is 24.0 Å². The van der Waals surface area contributed by atoms with Crippen molar-refractivity contribution in [1.29, 1.82) is 0 Å². The lowest BCUT2D eigenvalue weighted by atomic mass is 10.1.